The molecule has 0 bridgehead atoms. The topological polar surface area (TPSA) is 192 Å². The van der Waals surface area contributed by atoms with Crippen LogP contribution in [0.2, 0.25) is 0 Å². The normalized spacial score (nSPS) is 18.0. The summed E-state index contributed by atoms with van der Waals surface area (Å²) in [6, 6.07) is 32.6. The zero-order valence-electron chi connectivity index (χ0n) is 37.1. The minimum Gasteiger partial charge on any atom is -0.393 e. The van der Waals surface area contributed by atoms with Crippen molar-refractivity contribution in [2.75, 3.05) is 18.4 Å². The monoisotopic (exact) mass is 896 g/mol. The molecule has 5 amide bonds. The molecule has 5 N–H and O–H groups in total. The number of aromatic nitrogens is 3. The Morgan fingerprint density at radius 1 is 0.821 bits per heavy atom. The third-order valence-corrected chi connectivity index (χ3v) is 12.9. The fourth-order valence-corrected chi connectivity index (χ4v) is 9.56. The fourth-order valence-electron chi connectivity index (χ4n) is 9.56. The predicted octanol–water partition coefficient (Wildman–Crippen LogP) is 6.72. The van der Waals surface area contributed by atoms with Crippen LogP contribution in [0, 0.1) is 17.3 Å². The number of unbranched alkanes of at least 4 members (excludes halogenated alkanes) is 2. The Morgan fingerprint density at radius 2 is 1.57 bits per heavy atom. The Hall–Kier alpha value is -7.63. The van der Waals surface area contributed by atoms with Gasteiger partial charge in [0.1, 0.15) is 17.2 Å². The maximum atomic E-state index is 13.4. The summed E-state index contributed by atoms with van der Waals surface area (Å²) >= 11 is 0. The number of amides is 5. The van der Waals surface area contributed by atoms with Gasteiger partial charge in [-0.3, -0.25) is 39.6 Å². The Morgan fingerprint density at radius 3 is 2.33 bits per heavy atom. The number of imide groups is 2. The number of aliphatic hydroxyl groups is 1. The van der Waals surface area contributed by atoms with Crippen LogP contribution in [0.15, 0.2) is 109 Å². The van der Waals surface area contributed by atoms with Crippen LogP contribution in [0.4, 0.5) is 5.69 Å². The van der Waals surface area contributed by atoms with Gasteiger partial charge in [0, 0.05) is 61.8 Å². The van der Waals surface area contributed by atoms with E-state index in [-0.39, 0.29) is 42.0 Å². The van der Waals surface area contributed by atoms with Crippen LogP contribution in [-0.2, 0) is 20.9 Å². The highest BCUT2D eigenvalue weighted by Gasteiger charge is 2.45. The van der Waals surface area contributed by atoms with Gasteiger partial charge < -0.3 is 24.9 Å². The van der Waals surface area contributed by atoms with E-state index in [0.29, 0.717) is 62.9 Å². The lowest BCUT2D eigenvalue weighted by Gasteiger charge is -2.27. The highest BCUT2D eigenvalue weighted by atomic mass is 16.3. The van der Waals surface area contributed by atoms with E-state index >= 15 is 0 Å². The van der Waals surface area contributed by atoms with Crippen LogP contribution in [0.5, 0.6) is 0 Å². The lowest BCUT2D eigenvalue weighted by molar-refractivity contribution is -0.136. The Labute approximate surface area is 387 Å². The molecule has 67 heavy (non-hydrogen) atoms. The molecule has 1 saturated heterocycles. The first-order valence-electron chi connectivity index (χ1n) is 23.1. The molecule has 1 saturated carbocycles. The van der Waals surface area contributed by atoms with Gasteiger partial charge in [-0.1, -0.05) is 90.7 Å². The number of anilines is 1. The number of piperidine rings is 1. The Bertz CT molecular complexity index is 3000. The van der Waals surface area contributed by atoms with Gasteiger partial charge in [0.15, 0.2) is 0 Å². The molecule has 9 rings (SSSR count). The molecule has 4 heterocycles. The van der Waals surface area contributed by atoms with Crippen molar-refractivity contribution < 1.29 is 29.1 Å². The number of nitrogens with zero attached hydrogens (tertiary/aromatic N) is 4. The van der Waals surface area contributed by atoms with Crippen LogP contribution in [0.3, 0.4) is 0 Å². The maximum Gasteiger partial charge on any atom is 0.264 e. The number of carbonyl (C=O) groups is 5. The van der Waals surface area contributed by atoms with E-state index in [9.17, 15) is 34.5 Å². The van der Waals surface area contributed by atoms with Gasteiger partial charge in [-0.2, -0.15) is 0 Å². The fraction of sp³-hybridized carbons (Fsp3) is 0.302. The Balaban J connectivity index is 0.819. The van der Waals surface area contributed by atoms with E-state index in [2.05, 4.69) is 68.8 Å². The summed E-state index contributed by atoms with van der Waals surface area (Å²) in [6.45, 7) is 1.11. The maximum absolute atomic E-state index is 13.4. The van der Waals surface area contributed by atoms with Crippen LogP contribution >= 0.6 is 0 Å². The number of fused-ring (bicyclic) bond motifs is 2. The molecule has 0 spiro atoms. The highest BCUT2D eigenvalue weighted by molar-refractivity contribution is 6.25. The molecule has 2 aliphatic heterocycles. The number of aliphatic hydroxyl groups excluding tert-OH is 1. The molecule has 14 nitrogen and oxygen atoms in total. The van der Waals surface area contributed by atoms with Crippen molar-refractivity contribution in [2.45, 2.75) is 88.9 Å². The molecule has 2 fully saturated rings. The minimum atomic E-state index is -1.05. The average molecular weight is 897 g/mol. The smallest absolute Gasteiger partial charge is 0.264 e. The van der Waals surface area contributed by atoms with Crippen LogP contribution in [0.1, 0.15) is 102 Å². The molecule has 340 valence electrons. The van der Waals surface area contributed by atoms with E-state index in [0.717, 1.165) is 68.7 Å². The van der Waals surface area contributed by atoms with Crippen LogP contribution in [-0.4, -0.2) is 78.9 Å². The number of nitrogens with one attached hydrogen (secondary N) is 4. The number of hydrogen-bond acceptors (Lipinski definition) is 9. The summed E-state index contributed by atoms with van der Waals surface area (Å²) in [6.07, 6.45) is 7.02. The molecule has 1 unspecified atom stereocenters. The SMILES string of the molecule is N=c1c2c(-c3ccccc3)c(-c3ccccc3)n(Cc3cccc(C#CCCCCC(=O)NCCNc4cccc5c4C(=O)N(C4CCC(=O)NC4=O)C5=O)c3)c2ncn1C1CCC(O)CC1. The van der Waals surface area contributed by atoms with Crippen molar-refractivity contribution in [1.82, 2.24) is 29.7 Å². The first kappa shape index (κ1) is 44.6. The third kappa shape index (κ3) is 9.41. The quantitative estimate of drug-likeness (QED) is 0.0452. The van der Waals surface area contributed by atoms with Gasteiger partial charge >= 0.3 is 0 Å². The van der Waals surface area contributed by atoms with E-state index in [1.54, 1.807) is 18.2 Å². The second-order valence-corrected chi connectivity index (χ2v) is 17.4. The first-order chi connectivity index (χ1) is 32.7. The molecular formula is C53H52N8O6. The van der Waals surface area contributed by atoms with Gasteiger partial charge in [0.2, 0.25) is 17.7 Å². The van der Waals surface area contributed by atoms with Crippen molar-refractivity contribution in [2.24, 2.45) is 0 Å². The Kier molecular flexibility index (Phi) is 13.2. The number of benzene rings is 4. The van der Waals surface area contributed by atoms with Gasteiger partial charge in [-0.05, 0) is 85.9 Å². The molecule has 4 aromatic carbocycles. The molecule has 1 atom stereocenters. The molecule has 2 aromatic heterocycles. The van der Waals surface area contributed by atoms with Crippen molar-refractivity contribution in [3.8, 4) is 34.2 Å². The highest BCUT2D eigenvalue weighted by Crippen LogP contribution is 2.40. The van der Waals surface area contributed by atoms with Crippen molar-refractivity contribution in [1.29, 1.82) is 5.41 Å². The lowest BCUT2D eigenvalue weighted by atomic mass is 9.93. The van der Waals surface area contributed by atoms with Crippen molar-refractivity contribution >= 4 is 46.3 Å². The number of carbonyl (C=O) groups excluding carboxylic acids is 5. The van der Waals surface area contributed by atoms with Gasteiger partial charge in [0.05, 0.1) is 34.6 Å². The summed E-state index contributed by atoms with van der Waals surface area (Å²) in [5.74, 6) is 4.24. The van der Waals surface area contributed by atoms with Crippen LogP contribution < -0.4 is 21.4 Å². The molecule has 6 aromatic rings. The van der Waals surface area contributed by atoms with Gasteiger partial charge in [-0.25, -0.2) is 4.98 Å². The molecule has 14 heteroatoms. The minimum absolute atomic E-state index is 0.0438. The zero-order chi connectivity index (χ0) is 46.4. The van der Waals surface area contributed by atoms with E-state index in [1.165, 1.54) is 0 Å². The summed E-state index contributed by atoms with van der Waals surface area (Å²) in [7, 11) is 0. The summed E-state index contributed by atoms with van der Waals surface area (Å²) in [4.78, 5) is 69.3. The zero-order valence-corrected chi connectivity index (χ0v) is 37.1. The van der Waals surface area contributed by atoms with E-state index < -0.39 is 29.7 Å². The summed E-state index contributed by atoms with van der Waals surface area (Å²) < 4.78 is 4.22. The van der Waals surface area contributed by atoms with Gasteiger partial charge in [-0.15, -0.1) is 0 Å². The largest absolute Gasteiger partial charge is 0.393 e. The third-order valence-electron chi connectivity index (χ3n) is 12.9. The average Bonchev–Trinajstić information content (AvgIpc) is 3.80. The van der Waals surface area contributed by atoms with E-state index in [4.69, 9.17) is 4.98 Å². The van der Waals surface area contributed by atoms with E-state index in [1.807, 2.05) is 59.4 Å². The first-order valence-corrected chi connectivity index (χ1v) is 23.1. The molecule has 0 radical (unpaired) electrons. The van der Waals surface area contributed by atoms with Gasteiger partial charge in [0.25, 0.3) is 11.8 Å². The second-order valence-electron chi connectivity index (χ2n) is 17.4. The lowest BCUT2D eigenvalue weighted by Crippen LogP contribution is -2.54. The summed E-state index contributed by atoms with van der Waals surface area (Å²) in [5.41, 5.74) is 7.88. The van der Waals surface area contributed by atoms with Crippen molar-refractivity contribution in [3.05, 3.63) is 137 Å². The number of rotatable bonds is 14. The molecule has 3 aliphatic rings. The molecule has 1 aliphatic carbocycles. The second kappa shape index (κ2) is 19.9. The standard InChI is InChI=1S/C53H52N8O6/c54-49-47-45(36-16-6-3-7-17-36)48(37-18-8-4-9-19-37)59(50(47)57-33-60(49)38-23-25-39(62)26-24-38)32-35-15-11-14-34(31-35)13-5-1-2-10-22-43(63)56-30-29-55-41-21-12-20-40-46(41)53(67)61(52(40)66)42-27-28-44(64)58-51(42)65/h3-4,6-9,11-12,14-21,31,33,38-39,42,54-55,62H,1-2,10,22-30,32H2,(H,56,63)(H,58,64,65). The number of hydrogen-bond donors (Lipinski definition) is 5. The predicted molar refractivity (Wildman–Crippen MR) is 253 cm³/mol. The summed E-state index contributed by atoms with van der Waals surface area (Å²) in [5, 5.41) is 28.9. The van der Waals surface area contributed by atoms with Crippen molar-refractivity contribution in [3.63, 3.8) is 0 Å². The molecular weight excluding hydrogens is 845 g/mol. The van der Waals surface area contributed by atoms with Crippen LogP contribution in [0.25, 0.3) is 33.4 Å².